The molecule has 1 rings (SSSR count). The Kier molecular flexibility index (Phi) is 7.87. The minimum absolute atomic E-state index is 0.0950. The minimum Gasteiger partial charge on any atom is -0.383 e. The minimum atomic E-state index is 0.0950. The quantitative estimate of drug-likeness (QED) is 0.772. The highest BCUT2D eigenvalue weighted by atomic mass is 16.5. The van der Waals surface area contributed by atoms with Crippen LogP contribution in [0, 0.1) is 0 Å². The highest BCUT2D eigenvalue weighted by molar-refractivity contribution is 5.74. The molecule has 0 aliphatic heterocycles. The van der Waals surface area contributed by atoms with Crippen LogP contribution in [0.25, 0.3) is 0 Å². The van der Waals surface area contributed by atoms with Crippen molar-refractivity contribution in [3.8, 4) is 0 Å². The lowest BCUT2D eigenvalue weighted by atomic mass is 9.96. The second-order valence-corrected chi connectivity index (χ2v) is 5.44. The number of nitrogens with one attached hydrogen (secondary N) is 1. The average Bonchev–Trinajstić information content (AvgIpc) is 2.44. The first kappa shape index (κ1) is 16.3. The standard InChI is InChI=1S/C15H30N2O2/c1-4-14(5-2)17(11-12-19-3)15(18)16-13-9-7-6-8-10-13/h13-14H,4-12H2,1-3H3,(H,16,18). The van der Waals surface area contributed by atoms with E-state index in [1.54, 1.807) is 7.11 Å². The number of rotatable bonds is 7. The summed E-state index contributed by atoms with van der Waals surface area (Å²) >= 11 is 0. The molecule has 0 heterocycles. The maximum absolute atomic E-state index is 12.4. The van der Waals surface area contributed by atoms with Gasteiger partial charge in [0.25, 0.3) is 0 Å². The summed E-state index contributed by atoms with van der Waals surface area (Å²) < 4.78 is 5.13. The predicted molar refractivity (Wildman–Crippen MR) is 78.4 cm³/mol. The molecule has 1 fully saturated rings. The van der Waals surface area contributed by atoms with E-state index in [1.165, 1.54) is 19.3 Å². The first-order valence-electron chi connectivity index (χ1n) is 7.78. The number of methoxy groups -OCH3 is 1. The zero-order valence-corrected chi connectivity index (χ0v) is 12.8. The Morgan fingerprint density at radius 1 is 1.26 bits per heavy atom. The molecule has 0 atom stereocenters. The molecule has 1 N–H and O–H groups in total. The molecule has 1 saturated carbocycles. The van der Waals surface area contributed by atoms with Crippen LogP contribution >= 0.6 is 0 Å². The van der Waals surface area contributed by atoms with Crippen molar-refractivity contribution >= 4 is 6.03 Å². The molecule has 4 heteroatoms. The topological polar surface area (TPSA) is 41.6 Å². The number of carbonyl (C=O) groups is 1. The summed E-state index contributed by atoms with van der Waals surface area (Å²) in [5, 5.41) is 3.21. The molecule has 0 unspecified atom stereocenters. The Hall–Kier alpha value is -0.770. The molecule has 2 amide bonds. The highest BCUT2D eigenvalue weighted by Gasteiger charge is 2.23. The number of amides is 2. The van der Waals surface area contributed by atoms with Gasteiger partial charge >= 0.3 is 6.03 Å². The lowest BCUT2D eigenvalue weighted by Crippen LogP contribution is -2.50. The summed E-state index contributed by atoms with van der Waals surface area (Å²) in [5.74, 6) is 0. The van der Waals surface area contributed by atoms with Crippen LogP contribution in [0.5, 0.6) is 0 Å². The van der Waals surface area contributed by atoms with Crippen LogP contribution in [-0.2, 0) is 4.74 Å². The Morgan fingerprint density at radius 2 is 1.89 bits per heavy atom. The maximum Gasteiger partial charge on any atom is 0.317 e. The van der Waals surface area contributed by atoms with Crippen molar-refractivity contribution in [2.24, 2.45) is 0 Å². The molecule has 0 spiro atoms. The summed E-state index contributed by atoms with van der Waals surface area (Å²) in [5.41, 5.74) is 0. The molecule has 19 heavy (non-hydrogen) atoms. The monoisotopic (exact) mass is 270 g/mol. The predicted octanol–water partition coefficient (Wildman–Crippen LogP) is 3.17. The van der Waals surface area contributed by atoms with Crippen LogP contribution in [0.4, 0.5) is 4.79 Å². The van der Waals surface area contributed by atoms with E-state index in [9.17, 15) is 4.79 Å². The van der Waals surface area contributed by atoms with E-state index in [0.717, 1.165) is 25.7 Å². The summed E-state index contributed by atoms with van der Waals surface area (Å²) in [6.07, 6.45) is 8.06. The van der Waals surface area contributed by atoms with E-state index in [2.05, 4.69) is 19.2 Å². The number of urea groups is 1. The van der Waals surface area contributed by atoms with Gasteiger partial charge in [0.1, 0.15) is 0 Å². The Balaban J connectivity index is 2.53. The summed E-state index contributed by atoms with van der Waals surface area (Å²) in [7, 11) is 1.68. The van der Waals surface area contributed by atoms with Crippen LogP contribution in [0.2, 0.25) is 0 Å². The molecule has 112 valence electrons. The van der Waals surface area contributed by atoms with E-state index >= 15 is 0 Å². The van der Waals surface area contributed by atoms with Gasteiger partial charge in [-0.3, -0.25) is 0 Å². The summed E-state index contributed by atoms with van der Waals surface area (Å²) in [6, 6.07) is 0.789. The van der Waals surface area contributed by atoms with Crippen LogP contribution in [0.1, 0.15) is 58.8 Å². The van der Waals surface area contributed by atoms with Gasteiger partial charge in [-0.25, -0.2) is 4.79 Å². The van der Waals surface area contributed by atoms with Gasteiger partial charge in [0.2, 0.25) is 0 Å². The number of hydrogen-bond donors (Lipinski definition) is 1. The number of nitrogens with zero attached hydrogens (tertiary/aromatic N) is 1. The Morgan fingerprint density at radius 3 is 2.42 bits per heavy atom. The smallest absolute Gasteiger partial charge is 0.317 e. The maximum atomic E-state index is 12.4. The van der Waals surface area contributed by atoms with Gasteiger partial charge in [0.15, 0.2) is 0 Å². The average molecular weight is 270 g/mol. The van der Waals surface area contributed by atoms with Crippen LogP contribution in [0.3, 0.4) is 0 Å². The normalized spacial score (nSPS) is 16.6. The van der Waals surface area contributed by atoms with Gasteiger partial charge < -0.3 is 15.0 Å². The Bertz CT molecular complexity index is 249. The van der Waals surface area contributed by atoms with Crippen molar-refractivity contribution in [2.45, 2.75) is 70.9 Å². The van der Waals surface area contributed by atoms with E-state index in [0.29, 0.717) is 25.2 Å². The van der Waals surface area contributed by atoms with Gasteiger partial charge in [0, 0.05) is 25.7 Å². The zero-order valence-electron chi connectivity index (χ0n) is 12.8. The van der Waals surface area contributed by atoms with Gasteiger partial charge in [-0.1, -0.05) is 33.1 Å². The highest BCUT2D eigenvalue weighted by Crippen LogP contribution is 2.18. The molecular formula is C15H30N2O2. The molecule has 1 aliphatic carbocycles. The fraction of sp³-hybridized carbons (Fsp3) is 0.933. The van der Waals surface area contributed by atoms with Gasteiger partial charge in [-0.05, 0) is 25.7 Å². The fourth-order valence-electron chi connectivity index (χ4n) is 2.87. The molecule has 0 aromatic carbocycles. The number of ether oxygens (including phenoxy) is 1. The van der Waals surface area contributed by atoms with E-state index < -0.39 is 0 Å². The van der Waals surface area contributed by atoms with Gasteiger partial charge in [0.05, 0.1) is 6.61 Å². The largest absolute Gasteiger partial charge is 0.383 e. The van der Waals surface area contributed by atoms with E-state index in [-0.39, 0.29) is 6.03 Å². The van der Waals surface area contributed by atoms with Crippen molar-refractivity contribution < 1.29 is 9.53 Å². The lowest BCUT2D eigenvalue weighted by Gasteiger charge is -2.33. The third-order valence-electron chi connectivity index (χ3n) is 4.11. The molecule has 0 saturated heterocycles. The molecular weight excluding hydrogens is 240 g/mol. The third kappa shape index (κ3) is 5.39. The molecule has 0 radical (unpaired) electrons. The van der Waals surface area contributed by atoms with Crippen LogP contribution in [-0.4, -0.2) is 43.3 Å². The molecule has 0 aromatic rings. The zero-order chi connectivity index (χ0) is 14.1. The third-order valence-corrected chi connectivity index (χ3v) is 4.11. The van der Waals surface area contributed by atoms with Crippen molar-refractivity contribution in [3.05, 3.63) is 0 Å². The van der Waals surface area contributed by atoms with Gasteiger partial charge in [-0.15, -0.1) is 0 Å². The van der Waals surface area contributed by atoms with Crippen molar-refractivity contribution in [3.63, 3.8) is 0 Å². The molecule has 0 bridgehead atoms. The first-order valence-corrected chi connectivity index (χ1v) is 7.78. The van der Waals surface area contributed by atoms with E-state index in [1.807, 2.05) is 4.90 Å². The Labute approximate surface area is 117 Å². The lowest BCUT2D eigenvalue weighted by molar-refractivity contribution is 0.123. The number of carbonyl (C=O) groups excluding carboxylic acids is 1. The number of hydrogen-bond acceptors (Lipinski definition) is 2. The van der Waals surface area contributed by atoms with Crippen molar-refractivity contribution in [1.82, 2.24) is 10.2 Å². The summed E-state index contributed by atoms with van der Waals surface area (Å²) in [4.78, 5) is 14.4. The second kappa shape index (κ2) is 9.18. The van der Waals surface area contributed by atoms with Crippen molar-refractivity contribution in [1.29, 1.82) is 0 Å². The van der Waals surface area contributed by atoms with Crippen molar-refractivity contribution in [2.75, 3.05) is 20.3 Å². The fourth-order valence-corrected chi connectivity index (χ4v) is 2.87. The molecule has 4 nitrogen and oxygen atoms in total. The van der Waals surface area contributed by atoms with Crippen LogP contribution < -0.4 is 5.32 Å². The second-order valence-electron chi connectivity index (χ2n) is 5.44. The van der Waals surface area contributed by atoms with E-state index in [4.69, 9.17) is 4.74 Å². The molecule has 1 aliphatic rings. The molecule has 0 aromatic heterocycles. The SMILES string of the molecule is CCC(CC)N(CCOC)C(=O)NC1CCCCC1. The van der Waals surface area contributed by atoms with Crippen LogP contribution in [0.15, 0.2) is 0 Å². The van der Waals surface area contributed by atoms with Gasteiger partial charge in [-0.2, -0.15) is 0 Å². The summed E-state index contributed by atoms with van der Waals surface area (Å²) in [6.45, 7) is 5.57. The first-order chi connectivity index (χ1) is 9.22.